The maximum atomic E-state index is 11.9. The first-order chi connectivity index (χ1) is 10.7. The predicted molar refractivity (Wildman–Crippen MR) is 98.2 cm³/mol. The maximum absolute atomic E-state index is 11.9. The Morgan fingerprint density at radius 3 is 2.70 bits per heavy atom. The van der Waals surface area contributed by atoms with Crippen LogP contribution in [0, 0.1) is 0 Å². The summed E-state index contributed by atoms with van der Waals surface area (Å²) in [5.74, 6) is -0.0653. The number of allylic oxidation sites excluding steroid dienone is 1. The zero-order valence-corrected chi connectivity index (χ0v) is 14.7. The lowest BCUT2D eigenvalue weighted by Gasteiger charge is -2.18. The van der Waals surface area contributed by atoms with Crippen LogP contribution in [0.25, 0.3) is 5.57 Å². The third kappa shape index (κ3) is 4.26. The molecule has 0 unspecified atom stereocenters. The molecule has 23 heavy (non-hydrogen) atoms. The molecule has 1 atom stereocenters. The average Bonchev–Trinajstić information content (AvgIpc) is 2.58. The van der Waals surface area contributed by atoms with Crippen LogP contribution in [0.1, 0.15) is 39.7 Å². The zero-order valence-electron chi connectivity index (χ0n) is 13.9. The molecule has 124 valence electrons. The van der Waals surface area contributed by atoms with Crippen molar-refractivity contribution in [3.05, 3.63) is 28.9 Å². The van der Waals surface area contributed by atoms with Crippen LogP contribution in [0.5, 0.6) is 0 Å². The van der Waals surface area contributed by atoms with Crippen molar-refractivity contribution in [3.8, 4) is 0 Å². The molecule has 1 heterocycles. The van der Waals surface area contributed by atoms with Gasteiger partial charge in [-0.3, -0.25) is 9.79 Å². The number of hydrogen-bond acceptors (Lipinski definition) is 4. The number of carbonyl (C=O) groups is 1. The van der Waals surface area contributed by atoms with E-state index in [0.717, 1.165) is 16.8 Å². The highest BCUT2D eigenvalue weighted by atomic mass is 35.5. The molecule has 0 aliphatic carbocycles. The van der Waals surface area contributed by atoms with Crippen molar-refractivity contribution < 1.29 is 4.79 Å². The highest BCUT2D eigenvalue weighted by molar-refractivity contribution is 6.35. The van der Waals surface area contributed by atoms with Gasteiger partial charge in [0.15, 0.2) is 0 Å². The molecule has 1 amide bonds. The van der Waals surface area contributed by atoms with E-state index in [9.17, 15) is 4.79 Å². The van der Waals surface area contributed by atoms with Crippen molar-refractivity contribution in [2.75, 3.05) is 10.6 Å². The standard InChI is InChI=1S/C17H23ClN4O/c1-10-7-14(23)22-16-13(18)6-5-12(15(16)21-10)11(8-19)9-20-17(2,3)4/h5-6,8-10,21H,7,19H2,1-4H3,(H,22,23)/t10-/m1/s1. The number of anilines is 2. The minimum absolute atomic E-state index is 0.00736. The zero-order chi connectivity index (χ0) is 17.2. The monoisotopic (exact) mass is 334 g/mol. The topological polar surface area (TPSA) is 79.5 Å². The van der Waals surface area contributed by atoms with Crippen LogP contribution in [-0.4, -0.2) is 23.7 Å². The molecule has 1 aromatic rings. The Balaban J connectivity index is 2.54. The Bertz CT molecular complexity index is 674. The van der Waals surface area contributed by atoms with Gasteiger partial charge < -0.3 is 16.4 Å². The molecule has 0 spiro atoms. The SMILES string of the molecule is C[C@@H]1CC(=O)Nc2c(Cl)ccc(C(C=NC(C)(C)C)=CN)c2N1. The van der Waals surface area contributed by atoms with E-state index in [4.69, 9.17) is 17.3 Å². The van der Waals surface area contributed by atoms with Crippen molar-refractivity contribution in [2.45, 2.75) is 45.7 Å². The Morgan fingerprint density at radius 1 is 1.39 bits per heavy atom. The van der Waals surface area contributed by atoms with Crippen molar-refractivity contribution in [1.82, 2.24) is 0 Å². The van der Waals surface area contributed by atoms with E-state index in [2.05, 4.69) is 15.6 Å². The third-order valence-corrected chi connectivity index (χ3v) is 3.70. The third-order valence-electron chi connectivity index (χ3n) is 3.38. The summed E-state index contributed by atoms with van der Waals surface area (Å²) in [5, 5.41) is 6.70. The van der Waals surface area contributed by atoms with E-state index in [1.807, 2.05) is 33.8 Å². The minimum Gasteiger partial charge on any atom is -0.404 e. The second kappa shape index (κ2) is 6.62. The minimum atomic E-state index is -0.202. The van der Waals surface area contributed by atoms with Gasteiger partial charge in [0.05, 0.1) is 21.9 Å². The molecule has 0 saturated heterocycles. The molecular weight excluding hydrogens is 312 g/mol. The van der Waals surface area contributed by atoms with E-state index in [1.165, 1.54) is 6.20 Å². The number of halogens is 1. The normalized spacial score (nSPS) is 19.1. The van der Waals surface area contributed by atoms with Gasteiger partial charge in [0, 0.05) is 36.0 Å². The summed E-state index contributed by atoms with van der Waals surface area (Å²) < 4.78 is 0. The predicted octanol–water partition coefficient (Wildman–Crippen LogP) is 3.65. The molecule has 0 radical (unpaired) electrons. The molecule has 0 saturated carbocycles. The lowest BCUT2D eigenvalue weighted by atomic mass is 10.0. The average molecular weight is 335 g/mol. The fraction of sp³-hybridized carbons (Fsp3) is 0.412. The van der Waals surface area contributed by atoms with Crippen LogP contribution < -0.4 is 16.4 Å². The summed E-state index contributed by atoms with van der Waals surface area (Å²) in [5.41, 5.74) is 8.58. The highest BCUT2D eigenvalue weighted by Gasteiger charge is 2.23. The second-order valence-electron chi connectivity index (χ2n) is 6.69. The van der Waals surface area contributed by atoms with Gasteiger partial charge in [-0.25, -0.2) is 0 Å². The lowest BCUT2D eigenvalue weighted by molar-refractivity contribution is -0.116. The number of nitrogens with zero attached hydrogens (tertiary/aromatic N) is 1. The van der Waals surface area contributed by atoms with Gasteiger partial charge in [-0.05, 0) is 33.8 Å². The van der Waals surface area contributed by atoms with Gasteiger partial charge in [-0.1, -0.05) is 17.7 Å². The number of amides is 1. The molecule has 0 fully saturated rings. The first-order valence-corrected chi connectivity index (χ1v) is 7.95. The maximum Gasteiger partial charge on any atom is 0.226 e. The molecular formula is C17H23ClN4O. The van der Waals surface area contributed by atoms with Crippen LogP contribution in [0.4, 0.5) is 11.4 Å². The number of benzene rings is 1. The number of aliphatic imine (C=N–C) groups is 1. The summed E-state index contributed by atoms with van der Waals surface area (Å²) in [4.78, 5) is 16.5. The number of nitrogens with two attached hydrogens (primary N) is 1. The van der Waals surface area contributed by atoms with E-state index >= 15 is 0 Å². The second-order valence-corrected chi connectivity index (χ2v) is 7.10. The van der Waals surface area contributed by atoms with Gasteiger partial charge in [0.25, 0.3) is 0 Å². The molecule has 2 rings (SSSR count). The van der Waals surface area contributed by atoms with E-state index in [0.29, 0.717) is 17.1 Å². The van der Waals surface area contributed by atoms with Gasteiger partial charge in [-0.15, -0.1) is 0 Å². The largest absolute Gasteiger partial charge is 0.404 e. The molecule has 5 nitrogen and oxygen atoms in total. The quantitative estimate of drug-likeness (QED) is 0.722. The number of nitrogens with one attached hydrogen (secondary N) is 2. The van der Waals surface area contributed by atoms with Gasteiger partial charge >= 0.3 is 0 Å². The summed E-state index contributed by atoms with van der Waals surface area (Å²) in [6, 6.07) is 3.63. The van der Waals surface area contributed by atoms with Crippen molar-refractivity contribution in [2.24, 2.45) is 10.7 Å². The fourth-order valence-corrected chi connectivity index (χ4v) is 2.53. The van der Waals surface area contributed by atoms with Crippen LogP contribution in [0.15, 0.2) is 23.3 Å². The summed E-state index contributed by atoms with van der Waals surface area (Å²) in [6.45, 7) is 8.00. The Morgan fingerprint density at radius 2 is 2.09 bits per heavy atom. The van der Waals surface area contributed by atoms with Crippen molar-refractivity contribution in [3.63, 3.8) is 0 Å². The summed E-state index contributed by atoms with van der Waals surface area (Å²) in [6.07, 6.45) is 3.64. The highest BCUT2D eigenvalue weighted by Crippen LogP contribution is 2.38. The molecule has 6 heteroatoms. The van der Waals surface area contributed by atoms with Crippen LogP contribution >= 0.6 is 11.6 Å². The molecule has 1 aliphatic heterocycles. The van der Waals surface area contributed by atoms with Gasteiger partial charge in [0.1, 0.15) is 0 Å². The number of carbonyl (C=O) groups excluding carboxylic acids is 1. The number of hydrogen-bond donors (Lipinski definition) is 3. The Kier molecular flexibility index (Phi) is 5.00. The first kappa shape index (κ1) is 17.3. The lowest BCUT2D eigenvalue weighted by Crippen LogP contribution is -2.19. The van der Waals surface area contributed by atoms with E-state index in [-0.39, 0.29) is 17.5 Å². The molecule has 0 bridgehead atoms. The van der Waals surface area contributed by atoms with E-state index in [1.54, 1.807) is 12.3 Å². The first-order valence-electron chi connectivity index (χ1n) is 7.57. The fourth-order valence-electron chi connectivity index (χ4n) is 2.32. The summed E-state index contributed by atoms with van der Waals surface area (Å²) in [7, 11) is 0. The molecule has 1 aliphatic rings. The smallest absolute Gasteiger partial charge is 0.226 e. The summed E-state index contributed by atoms with van der Waals surface area (Å²) >= 11 is 6.26. The Labute approximate surface area is 142 Å². The molecule has 0 aromatic heterocycles. The van der Waals surface area contributed by atoms with Crippen molar-refractivity contribution in [1.29, 1.82) is 0 Å². The number of rotatable bonds is 2. The van der Waals surface area contributed by atoms with Crippen LogP contribution in [-0.2, 0) is 4.79 Å². The van der Waals surface area contributed by atoms with Gasteiger partial charge in [0.2, 0.25) is 5.91 Å². The molecule has 4 N–H and O–H groups in total. The van der Waals surface area contributed by atoms with Crippen LogP contribution in [0.2, 0.25) is 5.02 Å². The molecule has 1 aromatic carbocycles. The van der Waals surface area contributed by atoms with Crippen molar-refractivity contribution >= 4 is 40.7 Å². The Hall–Kier alpha value is -2.01. The van der Waals surface area contributed by atoms with Gasteiger partial charge in [-0.2, -0.15) is 0 Å². The number of fused-ring (bicyclic) bond motifs is 1. The van der Waals surface area contributed by atoms with Crippen LogP contribution in [0.3, 0.4) is 0 Å². The van der Waals surface area contributed by atoms with E-state index < -0.39 is 0 Å².